The van der Waals surface area contributed by atoms with E-state index in [-0.39, 0.29) is 37.8 Å². The number of carboxylic acids is 1. The molecule has 3 N–H and O–H groups in total. The predicted octanol–water partition coefficient (Wildman–Crippen LogP) is 11.0. The third kappa shape index (κ3) is 20.4. The SMILES string of the molecule is CC(C)(C)OC(=O)N[C@@H](Cc1cc(I)c(Oc2ccc(OCC3CO3)c(I)c2)c(I)c1)C(=O)O.CC(C)(C)OC(=O)N[C@@H](Cc1cc(I)c(Oc2ccc(OCC3CO3)c(I)c2)c(I)c1)C(=O)OCC1CO1. The molecule has 3 fully saturated rings. The topological polar surface area (TPSA) is 215 Å². The van der Waals surface area contributed by atoms with Crippen LogP contribution in [0.5, 0.6) is 34.5 Å². The third-order valence-corrected chi connectivity index (χ3v) is 14.6. The summed E-state index contributed by atoms with van der Waals surface area (Å²) in [5.74, 6) is 2.62. The van der Waals surface area contributed by atoms with Crippen LogP contribution < -0.4 is 29.6 Å². The average molecular weight is 1670 g/mol. The first-order chi connectivity index (χ1) is 33.9. The number of carbonyl (C=O) groups is 4. The second-order valence-corrected chi connectivity index (χ2v) is 25.4. The summed E-state index contributed by atoms with van der Waals surface area (Å²) in [5, 5.41) is 14.7. The molecule has 3 saturated heterocycles. The first kappa shape index (κ1) is 59.1. The third-order valence-electron chi connectivity index (χ3n) is 9.67. The minimum Gasteiger partial charge on any atom is -0.490 e. The maximum atomic E-state index is 12.8. The van der Waals surface area contributed by atoms with E-state index >= 15 is 0 Å². The molecular weight excluding hydrogens is 1620 g/mol. The summed E-state index contributed by atoms with van der Waals surface area (Å²) in [6, 6.07) is 16.8. The smallest absolute Gasteiger partial charge is 0.408 e. The number of nitrogens with one attached hydrogen (secondary N) is 2. The quantitative estimate of drug-likeness (QED) is 0.0325. The molecule has 0 spiro atoms. The Kier molecular flexibility index (Phi) is 21.9. The van der Waals surface area contributed by atoms with Crippen LogP contribution in [-0.4, -0.2) is 110 Å². The molecule has 0 bridgehead atoms. The van der Waals surface area contributed by atoms with Crippen molar-refractivity contribution in [2.24, 2.45) is 0 Å². The first-order valence-electron chi connectivity index (χ1n) is 22.3. The average Bonchev–Trinajstić information content (AvgIpc) is 4.10. The fourth-order valence-electron chi connectivity index (χ4n) is 6.11. The van der Waals surface area contributed by atoms with Crippen LogP contribution in [0.15, 0.2) is 60.7 Å². The number of carboxylic acid groups (broad SMARTS) is 1. The number of hydrogen-bond donors (Lipinski definition) is 3. The lowest BCUT2D eigenvalue weighted by Gasteiger charge is -2.23. The van der Waals surface area contributed by atoms with E-state index in [1.54, 1.807) is 41.5 Å². The Morgan fingerprint density at radius 3 is 1.28 bits per heavy atom. The second-order valence-electron chi connectivity index (χ2n) is 18.4. The number of esters is 1. The number of ether oxygens (including phenoxy) is 10. The molecule has 0 saturated carbocycles. The van der Waals surface area contributed by atoms with Gasteiger partial charge in [0, 0.05) is 12.8 Å². The number of aliphatic carboxylic acids is 1. The molecule has 390 valence electrons. The molecule has 3 aliphatic rings. The lowest BCUT2D eigenvalue weighted by Crippen LogP contribution is -2.45. The van der Waals surface area contributed by atoms with E-state index in [9.17, 15) is 24.3 Å². The molecule has 23 heteroatoms. The summed E-state index contributed by atoms with van der Waals surface area (Å²) in [7, 11) is 0. The van der Waals surface area contributed by atoms with Crippen molar-refractivity contribution in [1.82, 2.24) is 10.6 Å². The minimum atomic E-state index is -1.14. The number of hydrogen-bond acceptors (Lipinski definition) is 14. The Bertz CT molecular complexity index is 2550. The van der Waals surface area contributed by atoms with E-state index in [2.05, 4.69) is 146 Å². The van der Waals surface area contributed by atoms with E-state index in [0.717, 1.165) is 57.3 Å². The molecule has 0 radical (unpaired) electrons. The molecule has 0 aromatic heterocycles. The zero-order chi connectivity index (χ0) is 52.5. The van der Waals surface area contributed by atoms with E-state index in [0.29, 0.717) is 42.8 Å². The molecular formula is C49H52I6N2O15. The summed E-state index contributed by atoms with van der Waals surface area (Å²) in [5.41, 5.74) is 0.181. The zero-order valence-electron chi connectivity index (χ0n) is 39.7. The van der Waals surface area contributed by atoms with Gasteiger partial charge in [0.05, 0.1) is 41.2 Å². The monoisotopic (exact) mass is 1670 g/mol. The fourth-order valence-corrected chi connectivity index (χ4v) is 11.6. The lowest BCUT2D eigenvalue weighted by molar-refractivity contribution is -0.146. The molecule has 4 aromatic rings. The van der Waals surface area contributed by atoms with E-state index in [1.807, 2.05) is 60.7 Å². The highest BCUT2D eigenvalue weighted by Gasteiger charge is 2.31. The van der Waals surface area contributed by atoms with Gasteiger partial charge in [0.2, 0.25) is 0 Å². The van der Waals surface area contributed by atoms with Crippen LogP contribution in [0.2, 0.25) is 0 Å². The summed E-state index contributed by atoms with van der Waals surface area (Å²) in [6.45, 7) is 13.7. The normalized spacial score (nSPS) is 17.4. The number of carbonyl (C=O) groups excluding carboxylic acids is 3. The van der Waals surface area contributed by atoms with Crippen molar-refractivity contribution in [3.8, 4) is 34.5 Å². The van der Waals surface area contributed by atoms with Crippen molar-refractivity contribution >= 4 is 160 Å². The highest BCUT2D eigenvalue weighted by atomic mass is 127. The molecule has 5 atom stereocenters. The van der Waals surface area contributed by atoms with Crippen LogP contribution in [0.1, 0.15) is 52.7 Å². The lowest BCUT2D eigenvalue weighted by atomic mass is 10.1. The van der Waals surface area contributed by atoms with Crippen LogP contribution in [0.3, 0.4) is 0 Å². The van der Waals surface area contributed by atoms with Gasteiger partial charge < -0.3 is 63.1 Å². The highest BCUT2D eigenvalue weighted by molar-refractivity contribution is 14.1. The van der Waals surface area contributed by atoms with Gasteiger partial charge in [-0.25, -0.2) is 19.2 Å². The van der Waals surface area contributed by atoms with Crippen LogP contribution in [0.4, 0.5) is 9.59 Å². The summed E-state index contributed by atoms with van der Waals surface area (Å²) < 4.78 is 60.5. The van der Waals surface area contributed by atoms with Gasteiger partial charge in [-0.15, -0.1) is 0 Å². The molecule has 4 aromatic carbocycles. The van der Waals surface area contributed by atoms with Gasteiger partial charge in [-0.05, 0) is 249 Å². The van der Waals surface area contributed by atoms with Crippen LogP contribution >= 0.6 is 136 Å². The molecule has 7 rings (SSSR count). The zero-order valence-corrected chi connectivity index (χ0v) is 52.7. The molecule has 17 nitrogen and oxygen atoms in total. The van der Waals surface area contributed by atoms with Crippen molar-refractivity contribution in [2.75, 3.05) is 39.6 Å². The van der Waals surface area contributed by atoms with Gasteiger partial charge in [-0.2, -0.15) is 0 Å². The molecule has 72 heavy (non-hydrogen) atoms. The summed E-state index contributed by atoms with van der Waals surface area (Å²) >= 11 is 13.2. The van der Waals surface area contributed by atoms with Crippen molar-refractivity contribution in [3.05, 3.63) is 93.2 Å². The maximum Gasteiger partial charge on any atom is 0.408 e. The fraction of sp³-hybridized carbons (Fsp3) is 0.429. The van der Waals surface area contributed by atoms with Crippen LogP contribution in [0.25, 0.3) is 0 Å². The summed E-state index contributed by atoms with van der Waals surface area (Å²) in [4.78, 5) is 49.0. The van der Waals surface area contributed by atoms with Crippen molar-refractivity contribution < 1.29 is 71.7 Å². The van der Waals surface area contributed by atoms with Gasteiger partial charge in [-0.3, -0.25) is 0 Å². The van der Waals surface area contributed by atoms with Gasteiger partial charge >= 0.3 is 24.1 Å². The maximum absolute atomic E-state index is 12.8. The summed E-state index contributed by atoms with van der Waals surface area (Å²) in [6.07, 6.45) is -0.811. The molecule has 0 aliphatic carbocycles. The van der Waals surface area contributed by atoms with Crippen LogP contribution in [-0.2, 0) is 50.9 Å². The largest absolute Gasteiger partial charge is 0.490 e. The Hall–Kier alpha value is -2.18. The van der Waals surface area contributed by atoms with Crippen molar-refractivity contribution in [1.29, 1.82) is 0 Å². The molecule has 2 amide bonds. The van der Waals surface area contributed by atoms with E-state index in [1.165, 1.54) is 0 Å². The first-order valence-corrected chi connectivity index (χ1v) is 28.7. The van der Waals surface area contributed by atoms with E-state index < -0.39 is 47.4 Å². The van der Waals surface area contributed by atoms with Crippen molar-refractivity contribution in [3.63, 3.8) is 0 Å². The number of alkyl carbamates (subject to hydrolysis) is 2. The van der Waals surface area contributed by atoms with Gasteiger partial charge in [0.15, 0.2) is 11.5 Å². The molecule has 3 heterocycles. The van der Waals surface area contributed by atoms with Gasteiger partial charge in [-0.1, -0.05) is 0 Å². The number of halogens is 6. The van der Waals surface area contributed by atoms with E-state index in [4.69, 9.17) is 47.4 Å². The Labute approximate surface area is 499 Å². The number of rotatable bonds is 20. The molecule has 3 aliphatic heterocycles. The van der Waals surface area contributed by atoms with Gasteiger partial charge in [0.25, 0.3) is 0 Å². The predicted molar refractivity (Wildman–Crippen MR) is 315 cm³/mol. The van der Waals surface area contributed by atoms with Crippen molar-refractivity contribution in [2.45, 2.75) is 96.0 Å². The Balaban J connectivity index is 0.000000237. The Morgan fingerprint density at radius 2 is 0.931 bits per heavy atom. The Morgan fingerprint density at radius 1 is 0.569 bits per heavy atom. The second kappa shape index (κ2) is 26.7. The van der Waals surface area contributed by atoms with Gasteiger partial charge in [0.1, 0.15) is 84.4 Å². The standard InChI is InChI=1S/C26H28I3NO8.C23H24I3NO7/c1-26(2,3)38-25(32)30-21(24(31)36-13-17-11-34-17)8-14-6-19(28)23(20(29)7-14)37-15-4-5-22(18(27)9-15)35-12-16-10-33-16;1-23(2,3)34-22(30)27-18(21(28)29)8-12-6-16(25)20(17(26)7-12)33-13-4-5-19(15(24)9-13)32-11-14-10-31-14/h4-7,9,16-17,21H,8,10-13H2,1-3H3,(H,30,32);4-7,9,14,18H,8,10-11H2,1-3H3,(H,27,30)(H,28,29)/t16?,17?,21-;14?,18-/m00/s1. The highest BCUT2D eigenvalue weighted by Crippen LogP contribution is 2.37. The molecule has 3 unspecified atom stereocenters. The number of benzene rings is 4. The number of amides is 2. The van der Waals surface area contributed by atoms with Crippen LogP contribution in [0, 0.1) is 21.4 Å². The minimum absolute atomic E-state index is 0.0737. The number of epoxide rings is 3.